The van der Waals surface area contributed by atoms with E-state index in [1.54, 1.807) is 12.1 Å². The van der Waals surface area contributed by atoms with Crippen molar-refractivity contribution >= 4 is 16.8 Å². The molecule has 0 bridgehead atoms. The molecule has 1 fully saturated rings. The van der Waals surface area contributed by atoms with Crippen molar-refractivity contribution in [2.75, 3.05) is 0 Å². The minimum atomic E-state index is -0.288. The molecule has 0 saturated heterocycles. The zero-order chi connectivity index (χ0) is 12.5. The second-order valence-corrected chi connectivity index (χ2v) is 4.87. The highest BCUT2D eigenvalue weighted by atomic mass is 19.1. The van der Waals surface area contributed by atoms with Gasteiger partial charge in [0, 0.05) is 16.9 Å². The van der Waals surface area contributed by atoms with Crippen LogP contribution in [0.15, 0.2) is 24.3 Å². The predicted molar refractivity (Wildman–Crippen MR) is 68.0 cm³/mol. The number of carbonyl (C=O) groups is 1. The molecule has 1 saturated carbocycles. The summed E-state index contributed by atoms with van der Waals surface area (Å²) in [7, 11) is 0. The molecule has 1 aromatic heterocycles. The molecule has 3 rings (SSSR count). The highest BCUT2D eigenvalue weighted by Gasteiger charge is 2.18. The number of halogens is 1. The van der Waals surface area contributed by atoms with Crippen molar-refractivity contribution in [2.24, 2.45) is 0 Å². The summed E-state index contributed by atoms with van der Waals surface area (Å²) in [5, 5.41) is 3.74. The smallest absolute Gasteiger partial charge is 0.267 e. The van der Waals surface area contributed by atoms with Gasteiger partial charge in [0.1, 0.15) is 11.5 Å². The number of benzene rings is 1. The average Bonchev–Trinajstić information content (AvgIpc) is 2.96. The molecule has 1 amide bonds. The molecule has 3 nitrogen and oxygen atoms in total. The molecular weight excluding hydrogens is 231 g/mol. The molecular formula is C14H15FN2O. The van der Waals surface area contributed by atoms with Gasteiger partial charge in [-0.1, -0.05) is 12.8 Å². The van der Waals surface area contributed by atoms with Crippen LogP contribution >= 0.6 is 0 Å². The first-order chi connectivity index (χ1) is 8.72. The van der Waals surface area contributed by atoms with E-state index in [0.717, 1.165) is 23.7 Å². The third-order valence-electron chi connectivity index (χ3n) is 3.52. The largest absolute Gasteiger partial charge is 0.351 e. The lowest BCUT2D eigenvalue weighted by Crippen LogP contribution is -2.32. The maximum atomic E-state index is 13.1. The van der Waals surface area contributed by atoms with E-state index in [0.29, 0.717) is 11.7 Å². The molecule has 2 aromatic rings. The summed E-state index contributed by atoms with van der Waals surface area (Å²) in [6, 6.07) is 6.45. The van der Waals surface area contributed by atoms with Crippen molar-refractivity contribution in [3.63, 3.8) is 0 Å². The molecule has 1 aliphatic rings. The highest BCUT2D eigenvalue weighted by Crippen LogP contribution is 2.20. The molecule has 1 aliphatic carbocycles. The van der Waals surface area contributed by atoms with Crippen molar-refractivity contribution < 1.29 is 9.18 Å². The minimum Gasteiger partial charge on any atom is -0.351 e. The van der Waals surface area contributed by atoms with Crippen LogP contribution in [0.5, 0.6) is 0 Å². The Balaban J connectivity index is 1.82. The Hall–Kier alpha value is -1.84. The highest BCUT2D eigenvalue weighted by molar-refractivity contribution is 5.98. The third kappa shape index (κ3) is 2.10. The SMILES string of the molecule is O=C(NC1CCCC1)c1cc2cc(F)ccc2[nH]1. The van der Waals surface area contributed by atoms with E-state index < -0.39 is 0 Å². The normalized spacial score (nSPS) is 16.3. The van der Waals surface area contributed by atoms with E-state index >= 15 is 0 Å². The predicted octanol–water partition coefficient (Wildman–Crippen LogP) is 2.98. The molecule has 0 unspecified atom stereocenters. The van der Waals surface area contributed by atoms with E-state index in [1.165, 1.54) is 25.0 Å². The lowest BCUT2D eigenvalue weighted by molar-refractivity contribution is 0.0933. The molecule has 4 heteroatoms. The zero-order valence-electron chi connectivity index (χ0n) is 10.0. The number of aromatic nitrogens is 1. The summed E-state index contributed by atoms with van der Waals surface area (Å²) >= 11 is 0. The van der Waals surface area contributed by atoms with Gasteiger partial charge in [0.15, 0.2) is 0 Å². The molecule has 1 aromatic carbocycles. The first-order valence-electron chi connectivity index (χ1n) is 6.31. The Bertz CT molecular complexity index is 584. The second-order valence-electron chi connectivity index (χ2n) is 4.87. The van der Waals surface area contributed by atoms with Crippen LogP contribution in [0.3, 0.4) is 0 Å². The summed E-state index contributed by atoms with van der Waals surface area (Å²) in [5.41, 5.74) is 1.29. The molecule has 18 heavy (non-hydrogen) atoms. The van der Waals surface area contributed by atoms with E-state index in [-0.39, 0.29) is 11.7 Å². The number of carbonyl (C=O) groups excluding carboxylic acids is 1. The lowest BCUT2D eigenvalue weighted by Gasteiger charge is -2.10. The number of hydrogen-bond acceptors (Lipinski definition) is 1. The van der Waals surface area contributed by atoms with Crippen LogP contribution in [0, 0.1) is 5.82 Å². The van der Waals surface area contributed by atoms with Crippen molar-refractivity contribution in [2.45, 2.75) is 31.7 Å². The number of rotatable bonds is 2. The van der Waals surface area contributed by atoms with Gasteiger partial charge in [-0.25, -0.2) is 4.39 Å². The molecule has 0 atom stereocenters. The maximum Gasteiger partial charge on any atom is 0.267 e. The van der Waals surface area contributed by atoms with E-state index in [9.17, 15) is 9.18 Å². The summed E-state index contributed by atoms with van der Waals surface area (Å²) < 4.78 is 13.1. The number of hydrogen-bond donors (Lipinski definition) is 2. The monoisotopic (exact) mass is 246 g/mol. The van der Waals surface area contributed by atoms with Crippen molar-refractivity contribution in [1.82, 2.24) is 10.3 Å². The second kappa shape index (κ2) is 4.44. The van der Waals surface area contributed by atoms with Crippen molar-refractivity contribution in [1.29, 1.82) is 0 Å². The van der Waals surface area contributed by atoms with Crippen LogP contribution in [0.2, 0.25) is 0 Å². The molecule has 0 radical (unpaired) electrons. The van der Waals surface area contributed by atoms with Crippen LogP contribution < -0.4 is 5.32 Å². The molecule has 2 N–H and O–H groups in total. The fourth-order valence-electron chi connectivity index (χ4n) is 2.56. The van der Waals surface area contributed by atoms with Crippen LogP contribution in [-0.4, -0.2) is 16.9 Å². The minimum absolute atomic E-state index is 0.0986. The van der Waals surface area contributed by atoms with Crippen LogP contribution in [0.4, 0.5) is 4.39 Å². The molecule has 0 aliphatic heterocycles. The average molecular weight is 246 g/mol. The fraction of sp³-hybridized carbons (Fsp3) is 0.357. The van der Waals surface area contributed by atoms with Gasteiger partial charge >= 0.3 is 0 Å². The summed E-state index contributed by atoms with van der Waals surface area (Å²) in [5.74, 6) is -0.386. The van der Waals surface area contributed by atoms with Gasteiger partial charge in [-0.2, -0.15) is 0 Å². The van der Waals surface area contributed by atoms with E-state index in [2.05, 4.69) is 10.3 Å². The number of amides is 1. The Morgan fingerprint density at radius 2 is 2.06 bits per heavy atom. The zero-order valence-corrected chi connectivity index (χ0v) is 10.0. The Morgan fingerprint density at radius 1 is 1.28 bits per heavy atom. The molecule has 94 valence electrons. The number of H-pyrrole nitrogens is 1. The van der Waals surface area contributed by atoms with Crippen LogP contribution in [0.25, 0.3) is 10.9 Å². The van der Waals surface area contributed by atoms with Gasteiger partial charge in [-0.15, -0.1) is 0 Å². The summed E-state index contributed by atoms with van der Waals surface area (Å²) in [6.45, 7) is 0. The van der Waals surface area contributed by atoms with Crippen molar-refractivity contribution in [3.8, 4) is 0 Å². The quantitative estimate of drug-likeness (QED) is 0.840. The lowest BCUT2D eigenvalue weighted by atomic mass is 10.2. The first kappa shape index (κ1) is 11.3. The van der Waals surface area contributed by atoms with Gasteiger partial charge in [0.05, 0.1) is 0 Å². The van der Waals surface area contributed by atoms with Crippen LogP contribution in [0.1, 0.15) is 36.2 Å². The van der Waals surface area contributed by atoms with Gasteiger partial charge in [0.2, 0.25) is 0 Å². The standard InChI is InChI=1S/C14H15FN2O/c15-10-5-6-12-9(7-10)8-13(17-12)14(18)16-11-3-1-2-4-11/h5-8,11,17H,1-4H2,(H,16,18). The number of nitrogens with one attached hydrogen (secondary N) is 2. The van der Waals surface area contributed by atoms with E-state index in [1.807, 2.05) is 0 Å². The molecule has 1 heterocycles. The van der Waals surface area contributed by atoms with Crippen molar-refractivity contribution in [3.05, 3.63) is 35.8 Å². The third-order valence-corrected chi connectivity index (χ3v) is 3.52. The summed E-state index contributed by atoms with van der Waals surface area (Å²) in [4.78, 5) is 15.0. The fourth-order valence-corrected chi connectivity index (χ4v) is 2.56. The van der Waals surface area contributed by atoms with Gasteiger partial charge in [-0.05, 0) is 37.1 Å². The Kier molecular flexibility index (Phi) is 2.78. The topological polar surface area (TPSA) is 44.9 Å². The van der Waals surface area contributed by atoms with Gasteiger partial charge in [-0.3, -0.25) is 4.79 Å². The van der Waals surface area contributed by atoms with E-state index in [4.69, 9.17) is 0 Å². The number of fused-ring (bicyclic) bond motifs is 1. The molecule has 0 spiro atoms. The number of aromatic amines is 1. The Morgan fingerprint density at radius 3 is 2.83 bits per heavy atom. The first-order valence-corrected chi connectivity index (χ1v) is 6.31. The van der Waals surface area contributed by atoms with Crippen LogP contribution in [-0.2, 0) is 0 Å². The van der Waals surface area contributed by atoms with Gasteiger partial charge < -0.3 is 10.3 Å². The van der Waals surface area contributed by atoms with Gasteiger partial charge in [0.25, 0.3) is 5.91 Å². The summed E-state index contributed by atoms with van der Waals surface area (Å²) in [6.07, 6.45) is 4.48. The Labute approximate surface area is 104 Å². The maximum absolute atomic E-state index is 13.1.